The predicted molar refractivity (Wildman–Crippen MR) is 116 cm³/mol. The van der Waals surface area contributed by atoms with E-state index in [0.29, 0.717) is 48.3 Å². The lowest BCUT2D eigenvalue weighted by Gasteiger charge is -2.26. The van der Waals surface area contributed by atoms with Crippen LogP contribution in [0.5, 0.6) is 11.5 Å². The standard InChI is InChI=1S/C23H27ClN2O4/c1-15(2)12-19(25-22(27)17-5-7-18(24)8-6-17)23(28)26(3)14-16-4-9-20-21(13-16)30-11-10-29-20/h4-9,13,15,19H,10-12,14H2,1-3H3,(H,25,27). The van der Waals surface area contributed by atoms with Crippen LogP contribution in [0.4, 0.5) is 0 Å². The normalized spacial score (nSPS) is 13.6. The maximum Gasteiger partial charge on any atom is 0.251 e. The number of amides is 2. The third-order valence-corrected chi connectivity index (χ3v) is 5.07. The highest BCUT2D eigenvalue weighted by Gasteiger charge is 2.26. The lowest BCUT2D eigenvalue weighted by molar-refractivity contribution is -0.132. The maximum atomic E-state index is 13.1. The molecule has 2 aromatic carbocycles. The van der Waals surface area contributed by atoms with Gasteiger partial charge in [0.2, 0.25) is 5.91 Å². The van der Waals surface area contributed by atoms with Crippen molar-refractivity contribution in [2.45, 2.75) is 32.9 Å². The van der Waals surface area contributed by atoms with E-state index >= 15 is 0 Å². The molecule has 1 N–H and O–H groups in total. The van der Waals surface area contributed by atoms with Crippen LogP contribution in [-0.2, 0) is 11.3 Å². The first-order chi connectivity index (χ1) is 14.3. The van der Waals surface area contributed by atoms with E-state index in [0.717, 1.165) is 5.56 Å². The number of carbonyl (C=O) groups is 2. The van der Waals surface area contributed by atoms with Crippen molar-refractivity contribution in [2.24, 2.45) is 5.92 Å². The highest BCUT2D eigenvalue weighted by molar-refractivity contribution is 6.30. The van der Waals surface area contributed by atoms with Crippen molar-refractivity contribution in [1.82, 2.24) is 10.2 Å². The largest absolute Gasteiger partial charge is 0.486 e. The molecule has 2 amide bonds. The van der Waals surface area contributed by atoms with Gasteiger partial charge in [0.1, 0.15) is 19.3 Å². The van der Waals surface area contributed by atoms with Gasteiger partial charge in [0.25, 0.3) is 5.91 Å². The summed E-state index contributed by atoms with van der Waals surface area (Å²) < 4.78 is 11.2. The summed E-state index contributed by atoms with van der Waals surface area (Å²) in [6, 6.07) is 11.7. The van der Waals surface area contributed by atoms with E-state index in [1.165, 1.54) is 0 Å². The zero-order valence-electron chi connectivity index (χ0n) is 17.5. The van der Waals surface area contributed by atoms with Crippen LogP contribution in [0.2, 0.25) is 5.02 Å². The second kappa shape index (κ2) is 9.85. The van der Waals surface area contributed by atoms with Crippen molar-refractivity contribution in [1.29, 1.82) is 0 Å². The van der Waals surface area contributed by atoms with E-state index in [1.807, 2.05) is 32.0 Å². The summed E-state index contributed by atoms with van der Waals surface area (Å²) >= 11 is 5.89. The average molecular weight is 431 g/mol. The van der Waals surface area contributed by atoms with E-state index in [2.05, 4.69) is 5.32 Å². The first-order valence-electron chi connectivity index (χ1n) is 10.0. The summed E-state index contributed by atoms with van der Waals surface area (Å²) in [5, 5.41) is 3.44. The maximum absolute atomic E-state index is 13.1. The molecule has 0 bridgehead atoms. The second-order valence-electron chi connectivity index (χ2n) is 7.83. The molecular weight excluding hydrogens is 404 g/mol. The van der Waals surface area contributed by atoms with Gasteiger partial charge in [-0.25, -0.2) is 0 Å². The van der Waals surface area contributed by atoms with Crippen molar-refractivity contribution in [3.8, 4) is 11.5 Å². The Morgan fingerprint density at radius 2 is 1.73 bits per heavy atom. The Hall–Kier alpha value is -2.73. The highest BCUT2D eigenvalue weighted by atomic mass is 35.5. The fourth-order valence-electron chi connectivity index (χ4n) is 3.34. The van der Waals surface area contributed by atoms with Crippen LogP contribution in [-0.4, -0.2) is 43.0 Å². The van der Waals surface area contributed by atoms with Gasteiger partial charge in [-0.15, -0.1) is 0 Å². The zero-order valence-corrected chi connectivity index (χ0v) is 18.2. The zero-order chi connectivity index (χ0) is 21.7. The van der Waals surface area contributed by atoms with Gasteiger partial charge in [-0.3, -0.25) is 9.59 Å². The van der Waals surface area contributed by atoms with Gasteiger partial charge < -0.3 is 19.7 Å². The van der Waals surface area contributed by atoms with Crippen molar-refractivity contribution in [3.63, 3.8) is 0 Å². The number of hydrogen-bond acceptors (Lipinski definition) is 4. The number of ether oxygens (including phenoxy) is 2. The van der Waals surface area contributed by atoms with E-state index in [1.54, 1.807) is 36.2 Å². The molecule has 6 nitrogen and oxygen atoms in total. The van der Waals surface area contributed by atoms with Gasteiger partial charge >= 0.3 is 0 Å². The van der Waals surface area contributed by atoms with Gasteiger partial charge in [0, 0.05) is 24.2 Å². The molecule has 1 heterocycles. The first kappa shape index (κ1) is 22.0. The number of benzene rings is 2. The fraction of sp³-hybridized carbons (Fsp3) is 0.391. The Bertz CT molecular complexity index is 899. The number of nitrogens with one attached hydrogen (secondary N) is 1. The minimum absolute atomic E-state index is 0.138. The summed E-state index contributed by atoms with van der Waals surface area (Å²) in [7, 11) is 1.74. The van der Waals surface area contributed by atoms with E-state index in [9.17, 15) is 9.59 Å². The third kappa shape index (κ3) is 5.66. The Morgan fingerprint density at radius 1 is 1.07 bits per heavy atom. The summed E-state index contributed by atoms with van der Waals surface area (Å²) in [6.45, 7) is 5.50. The molecule has 0 spiro atoms. The molecule has 0 saturated carbocycles. The highest BCUT2D eigenvalue weighted by Crippen LogP contribution is 2.31. The number of carbonyl (C=O) groups excluding carboxylic acids is 2. The minimum atomic E-state index is -0.615. The molecule has 1 unspecified atom stereocenters. The molecule has 0 aromatic heterocycles. The van der Waals surface area contributed by atoms with Gasteiger partial charge in [0.15, 0.2) is 11.5 Å². The Morgan fingerprint density at radius 3 is 2.40 bits per heavy atom. The summed E-state index contributed by atoms with van der Waals surface area (Å²) in [6.07, 6.45) is 0.545. The van der Waals surface area contributed by atoms with Gasteiger partial charge in [0.05, 0.1) is 0 Å². The van der Waals surface area contributed by atoms with Crippen LogP contribution in [0, 0.1) is 5.92 Å². The van der Waals surface area contributed by atoms with Crippen molar-refractivity contribution < 1.29 is 19.1 Å². The Labute approximate surface area is 182 Å². The van der Waals surface area contributed by atoms with Crippen molar-refractivity contribution >= 4 is 23.4 Å². The topological polar surface area (TPSA) is 67.9 Å². The number of halogens is 1. The molecule has 7 heteroatoms. The van der Waals surface area contributed by atoms with Crippen LogP contribution in [0.1, 0.15) is 36.2 Å². The van der Waals surface area contributed by atoms with Crippen molar-refractivity contribution in [2.75, 3.05) is 20.3 Å². The number of hydrogen-bond donors (Lipinski definition) is 1. The minimum Gasteiger partial charge on any atom is -0.486 e. The smallest absolute Gasteiger partial charge is 0.251 e. The Balaban J connectivity index is 1.69. The molecule has 2 aromatic rings. The molecular formula is C23H27ClN2O4. The average Bonchev–Trinajstić information content (AvgIpc) is 2.72. The van der Waals surface area contributed by atoms with Crippen LogP contribution >= 0.6 is 11.6 Å². The van der Waals surface area contributed by atoms with Gasteiger partial charge in [-0.05, 0) is 54.3 Å². The molecule has 0 aliphatic carbocycles. The monoisotopic (exact) mass is 430 g/mol. The van der Waals surface area contributed by atoms with E-state index < -0.39 is 6.04 Å². The fourth-order valence-corrected chi connectivity index (χ4v) is 3.47. The molecule has 3 rings (SSSR count). The first-order valence-corrected chi connectivity index (χ1v) is 10.4. The molecule has 30 heavy (non-hydrogen) atoms. The number of rotatable bonds is 7. The Kier molecular flexibility index (Phi) is 7.21. The summed E-state index contributed by atoms with van der Waals surface area (Å²) in [4.78, 5) is 27.4. The molecule has 160 valence electrons. The van der Waals surface area contributed by atoms with Crippen LogP contribution < -0.4 is 14.8 Å². The SMILES string of the molecule is CC(C)CC(NC(=O)c1ccc(Cl)cc1)C(=O)N(C)Cc1ccc2c(c1)OCCO2. The molecule has 0 radical (unpaired) electrons. The van der Waals surface area contributed by atoms with Gasteiger partial charge in [-0.2, -0.15) is 0 Å². The molecule has 1 aliphatic rings. The molecule has 0 saturated heterocycles. The lowest BCUT2D eigenvalue weighted by Crippen LogP contribution is -2.47. The van der Waals surface area contributed by atoms with E-state index in [4.69, 9.17) is 21.1 Å². The molecule has 0 fully saturated rings. The second-order valence-corrected chi connectivity index (χ2v) is 8.27. The summed E-state index contributed by atoms with van der Waals surface area (Å²) in [5.74, 6) is 1.22. The molecule has 1 aliphatic heterocycles. The van der Waals surface area contributed by atoms with Gasteiger partial charge in [-0.1, -0.05) is 31.5 Å². The summed E-state index contributed by atoms with van der Waals surface area (Å²) in [5.41, 5.74) is 1.40. The van der Waals surface area contributed by atoms with Crippen molar-refractivity contribution in [3.05, 3.63) is 58.6 Å². The quantitative estimate of drug-likeness (QED) is 0.723. The van der Waals surface area contributed by atoms with Crippen LogP contribution in [0.15, 0.2) is 42.5 Å². The number of likely N-dealkylation sites (N-methyl/N-ethyl adjacent to an activating group) is 1. The number of nitrogens with zero attached hydrogens (tertiary/aromatic N) is 1. The number of fused-ring (bicyclic) bond motifs is 1. The van der Waals surface area contributed by atoms with Crippen LogP contribution in [0.25, 0.3) is 0 Å². The van der Waals surface area contributed by atoms with Crippen LogP contribution in [0.3, 0.4) is 0 Å². The van der Waals surface area contributed by atoms with E-state index in [-0.39, 0.29) is 17.7 Å². The lowest BCUT2D eigenvalue weighted by atomic mass is 10.0. The predicted octanol–water partition coefficient (Wildman–Crippen LogP) is 3.91. The molecule has 1 atom stereocenters. The third-order valence-electron chi connectivity index (χ3n) is 4.82.